The van der Waals surface area contributed by atoms with Gasteiger partial charge in [-0.1, -0.05) is 13.8 Å². The van der Waals surface area contributed by atoms with Crippen molar-refractivity contribution in [3.8, 4) is 0 Å². The summed E-state index contributed by atoms with van der Waals surface area (Å²) in [6.45, 7) is 5.92. The second-order valence-corrected chi connectivity index (χ2v) is 2.75. The molecule has 0 radical (unpaired) electrons. The van der Waals surface area contributed by atoms with Gasteiger partial charge in [0.15, 0.2) is 0 Å². The molecule has 2 heterocycles. The molecule has 1 N–H and O–H groups in total. The number of nitrogens with zero attached hydrogens (tertiary/aromatic N) is 2. The number of hydrogen-bond donors (Lipinski definition) is 1. The predicted molar refractivity (Wildman–Crippen MR) is 55.2 cm³/mol. The van der Waals surface area contributed by atoms with Gasteiger partial charge in [0.05, 0.1) is 5.39 Å². The zero-order chi connectivity index (χ0) is 10.6. The quantitative estimate of drug-likeness (QED) is 0.511. The van der Waals surface area contributed by atoms with E-state index in [1.807, 2.05) is 26.8 Å². The first kappa shape index (κ1) is 10.4. The third-order valence-corrected chi connectivity index (χ3v) is 1.86. The van der Waals surface area contributed by atoms with E-state index in [0.717, 1.165) is 21.2 Å². The van der Waals surface area contributed by atoms with E-state index in [9.17, 15) is 5.21 Å². The van der Waals surface area contributed by atoms with Crippen LogP contribution in [-0.2, 0) is 0 Å². The van der Waals surface area contributed by atoms with Gasteiger partial charge in [-0.05, 0) is 13.0 Å². The molecule has 74 valence electrons. The fraction of sp³-hybridized carbons (Fsp3) is 0.273. The maximum atomic E-state index is 9.44. The molecule has 2 aromatic heterocycles. The second-order valence-electron chi connectivity index (χ2n) is 2.75. The van der Waals surface area contributed by atoms with Crippen molar-refractivity contribution in [1.82, 2.24) is 4.98 Å². The number of aromatic nitrogens is 2. The predicted octanol–water partition coefficient (Wildman–Crippen LogP) is 2.09. The highest BCUT2D eigenvalue weighted by molar-refractivity contribution is 5.76. The lowest BCUT2D eigenvalue weighted by Gasteiger charge is -1.94. The molecule has 2 aromatic rings. The van der Waals surface area contributed by atoms with Gasteiger partial charge in [-0.3, -0.25) is 10.2 Å². The molecule has 0 saturated carbocycles. The van der Waals surface area contributed by atoms with Crippen LogP contribution in [0.15, 0.2) is 30.7 Å². The van der Waals surface area contributed by atoms with Crippen molar-refractivity contribution in [3.05, 3.63) is 36.3 Å². The van der Waals surface area contributed by atoms with Crippen LogP contribution in [0.5, 0.6) is 0 Å². The highest BCUT2D eigenvalue weighted by Crippen LogP contribution is 2.10. The van der Waals surface area contributed by atoms with Crippen molar-refractivity contribution in [2.24, 2.45) is 0 Å². The second kappa shape index (κ2) is 4.56. The Hall–Kier alpha value is -1.64. The SMILES string of the molecule is CC.Cc1cncc2ccc[n+](O)c12. The molecule has 0 saturated heterocycles. The van der Waals surface area contributed by atoms with Gasteiger partial charge in [0.25, 0.3) is 5.52 Å². The number of fused-ring (bicyclic) bond motifs is 1. The van der Waals surface area contributed by atoms with Gasteiger partial charge in [0.2, 0.25) is 6.20 Å². The van der Waals surface area contributed by atoms with E-state index in [2.05, 4.69) is 4.98 Å². The van der Waals surface area contributed by atoms with Gasteiger partial charge < -0.3 is 0 Å². The standard InChI is InChI=1S/C9H9N2O.C2H6/c1-7-5-10-6-8-3-2-4-11(12)9(7)8;1-2/h2-6,12H,1H3;1-2H3/q+1;. The number of hydrogen-bond acceptors (Lipinski definition) is 2. The van der Waals surface area contributed by atoms with Gasteiger partial charge in [-0.25, -0.2) is 0 Å². The van der Waals surface area contributed by atoms with Crippen molar-refractivity contribution in [1.29, 1.82) is 0 Å². The summed E-state index contributed by atoms with van der Waals surface area (Å²) in [6.07, 6.45) is 5.07. The van der Waals surface area contributed by atoms with Crippen LogP contribution in [0, 0.1) is 6.92 Å². The summed E-state index contributed by atoms with van der Waals surface area (Å²) in [7, 11) is 0. The normalized spacial score (nSPS) is 9.36. The maximum absolute atomic E-state index is 9.44. The summed E-state index contributed by atoms with van der Waals surface area (Å²) in [5.41, 5.74) is 1.78. The molecule has 0 fully saturated rings. The molecule has 0 aliphatic rings. The van der Waals surface area contributed by atoms with Crippen LogP contribution >= 0.6 is 0 Å². The molecular weight excluding hydrogens is 176 g/mol. The van der Waals surface area contributed by atoms with E-state index in [1.165, 1.54) is 0 Å². The van der Waals surface area contributed by atoms with Crippen molar-refractivity contribution in [3.63, 3.8) is 0 Å². The maximum Gasteiger partial charge on any atom is 0.270 e. The van der Waals surface area contributed by atoms with Crippen LogP contribution in [-0.4, -0.2) is 10.2 Å². The average Bonchev–Trinajstić information content (AvgIpc) is 2.21. The van der Waals surface area contributed by atoms with E-state index in [-0.39, 0.29) is 0 Å². The molecule has 0 spiro atoms. The molecule has 0 aliphatic heterocycles. The zero-order valence-corrected chi connectivity index (χ0v) is 8.73. The van der Waals surface area contributed by atoms with Crippen molar-refractivity contribution >= 4 is 10.9 Å². The van der Waals surface area contributed by atoms with Gasteiger partial charge >= 0.3 is 0 Å². The monoisotopic (exact) mass is 191 g/mol. The summed E-state index contributed by atoms with van der Waals surface area (Å²) in [6, 6.07) is 3.70. The number of aryl methyl sites for hydroxylation is 1. The molecule has 0 atom stereocenters. The van der Waals surface area contributed by atoms with Crippen molar-refractivity contribution in [2.45, 2.75) is 20.8 Å². The van der Waals surface area contributed by atoms with Gasteiger partial charge in [0, 0.05) is 28.8 Å². The lowest BCUT2D eigenvalue weighted by atomic mass is 10.2. The van der Waals surface area contributed by atoms with Crippen molar-refractivity contribution in [2.75, 3.05) is 0 Å². The Morgan fingerprint density at radius 2 is 2.00 bits per heavy atom. The minimum Gasteiger partial charge on any atom is -0.285 e. The Labute approximate surface area is 83.6 Å². The smallest absolute Gasteiger partial charge is 0.270 e. The third kappa shape index (κ3) is 1.82. The van der Waals surface area contributed by atoms with Crippen LogP contribution in [0.2, 0.25) is 0 Å². The van der Waals surface area contributed by atoms with Crippen LogP contribution in [0.3, 0.4) is 0 Å². The first-order chi connectivity index (χ1) is 6.79. The van der Waals surface area contributed by atoms with E-state index >= 15 is 0 Å². The minimum atomic E-state index is 0.813. The Balaban J connectivity index is 0.000000461. The van der Waals surface area contributed by atoms with Crippen molar-refractivity contribution < 1.29 is 9.94 Å². The molecule has 14 heavy (non-hydrogen) atoms. The van der Waals surface area contributed by atoms with Gasteiger partial charge in [-0.2, -0.15) is 0 Å². The minimum absolute atomic E-state index is 0.813. The highest BCUT2D eigenvalue weighted by atomic mass is 16.5. The van der Waals surface area contributed by atoms with Crippen LogP contribution in [0.25, 0.3) is 10.9 Å². The van der Waals surface area contributed by atoms with E-state index < -0.39 is 0 Å². The summed E-state index contributed by atoms with van der Waals surface area (Å²) in [5, 5.41) is 10.4. The third-order valence-electron chi connectivity index (χ3n) is 1.86. The highest BCUT2D eigenvalue weighted by Gasteiger charge is 2.09. The lowest BCUT2D eigenvalue weighted by molar-refractivity contribution is -0.884. The summed E-state index contributed by atoms with van der Waals surface area (Å²) in [4.78, 5) is 4.03. The van der Waals surface area contributed by atoms with Gasteiger partial charge in [-0.15, -0.1) is 0 Å². The molecule has 0 amide bonds. The number of rotatable bonds is 0. The first-order valence-corrected chi connectivity index (χ1v) is 4.73. The molecule has 2 rings (SSSR count). The molecule has 0 aromatic carbocycles. The van der Waals surface area contributed by atoms with Crippen LogP contribution in [0.1, 0.15) is 19.4 Å². The molecule has 0 aliphatic carbocycles. The van der Waals surface area contributed by atoms with E-state index in [0.29, 0.717) is 0 Å². The molecule has 3 heteroatoms. The molecule has 0 unspecified atom stereocenters. The first-order valence-electron chi connectivity index (χ1n) is 4.73. The summed E-state index contributed by atoms with van der Waals surface area (Å²) in [5.74, 6) is 0. The van der Waals surface area contributed by atoms with Gasteiger partial charge in [0.1, 0.15) is 0 Å². The average molecular weight is 191 g/mol. The summed E-state index contributed by atoms with van der Waals surface area (Å²) < 4.78 is 1.12. The Bertz CT molecular complexity index is 390. The fourth-order valence-electron chi connectivity index (χ4n) is 1.32. The number of pyridine rings is 2. The van der Waals surface area contributed by atoms with Crippen LogP contribution in [0.4, 0.5) is 0 Å². The Kier molecular flexibility index (Phi) is 3.40. The topological polar surface area (TPSA) is 37.0 Å². The van der Waals surface area contributed by atoms with Crippen LogP contribution < -0.4 is 4.73 Å². The van der Waals surface area contributed by atoms with E-state index in [4.69, 9.17) is 0 Å². The molecular formula is C11H15N2O+. The molecule has 3 nitrogen and oxygen atoms in total. The van der Waals surface area contributed by atoms with E-state index in [1.54, 1.807) is 24.7 Å². The fourth-order valence-corrected chi connectivity index (χ4v) is 1.32. The Morgan fingerprint density at radius 3 is 2.64 bits per heavy atom. The lowest BCUT2D eigenvalue weighted by Crippen LogP contribution is -2.30. The summed E-state index contributed by atoms with van der Waals surface area (Å²) >= 11 is 0. The largest absolute Gasteiger partial charge is 0.285 e. The molecule has 0 bridgehead atoms. The Morgan fingerprint density at radius 1 is 1.29 bits per heavy atom. The zero-order valence-electron chi connectivity index (χ0n) is 8.73.